The Morgan fingerprint density at radius 3 is 2.26 bits per heavy atom. The summed E-state index contributed by atoms with van der Waals surface area (Å²) in [5.41, 5.74) is 8.48. The molecule has 2 saturated carbocycles. The zero-order valence-corrected chi connectivity index (χ0v) is 26.2. The molecule has 1 aromatic carbocycles. The van der Waals surface area contributed by atoms with Crippen molar-refractivity contribution in [2.75, 3.05) is 36.1 Å². The molecular formula is C29H43Cl2N9O3. The smallest absolute Gasteiger partial charge is 0.430 e. The van der Waals surface area contributed by atoms with Gasteiger partial charge in [-0.2, -0.15) is 9.97 Å². The number of aromatic nitrogens is 4. The van der Waals surface area contributed by atoms with Crippen LogP contribution in [0.4, 0.5) is 22.2 Å². The number of halogens is 2. The van der Waals surface area contributed by atoms with Crippen LogP contribution in [-0.4, -0.2) is 69.0 Å². The first-order valence-electron chi connectivity index (χ1n) is 14.9. The fourth-order valence-corrected chi connectivity index (χ4v) is 6.19. The molecule has 5 N–H and O–H groups in total. The van der Waals surface area contributed by atoms with Crippen LogP contribution < -0.4 is 26.4 Å². The molecule has 236 valence electrons. The van der Waals surface area contributed by atoms with Crippen molar-refractivity contribution in [3.63, 3.8) is 0 Å². The van der Waals surface area contributed by atoms with Crippen molar-refractivity contribution in [3.05, 3.63) is 30.6 Å². The number of hydrogen-bond acceptors (Lipinski definition) is 10. The van der Waals surface area contributed by atoms with E-state index in [1.165, 1.54) is 12.8 Å². The molecule has 0 spiro atoms. The van der Waals surface area contributed by atoms with Gasteiger partial charge in [-0.3, -0.25) is 5.32 Å². The van der Waals surface area contributed by atoms with E-state index in [1.54, 1.807) is 36.4 Å². The van der Waals surface area contributed by atoms with Crippen molar-refractivity contribution in [2.45, 2.75) is 88.4 Å². The van der Waals surface area contributed by atoms with Crippen molar-refractivity contribution < 1.29 is 14.4 Å². The minimum atomic E-state index is -0.504. The number of rotatable bonds is 8. The van der Waals surface area contributed by atoms with Gasteiger partial charge in [0.1, 0.15) is 5.75 Å². The number of ether oxygens (including phenoxy) is 1. The third-order valence-electron chi connectivity index (χ3n) is 8.59. The summed E-state index contributed by atoms with van der Waals surface area (Å²) in [4.78, 5) is 32.6. The minimum Gasteiger partial charge on any atom is -0.497 e. The van der Waals surface area contributed by atoms with Crippen LogP contribution in [0.15, 0.2) is 30.6 Å². The van der Waals surface area contributed by atoms with Crippen molar-refractivity contribution >= 4 is 59.5 Å². The van der Waals surface area contributed by atoms with E-state index in [2.05, 4.69) is 20.5 Å². The van der Waals surface area contributed by atoms with Crippen LogP contribution in [0.3, 0.4) is 0 Å². The Morgan fingerprint density at radius 2 is 1.58 bits per heavy atom. The number of anilines is 3. The standard InChI is InChI=1S/C29H41N9O3.2ClH/c1-40-24-12-10-21(11-13-24)34-29(39)41-37-16-14-22(15-17-37)32-26-25-27(38(18-31-25)23-4-2-3-5-23)36-28(35-26)33-20-8-6-19(30)7-9-20;;/h10-13,18-20,22-23H,2-9,14-17,30H2,1H3,(H,34,39)(H2,32,33,35,36);2*1H. The first-order chi connectivity index (χ1) is 20.0. The molecule has 3 aliphatic rings. The largest absolute Gasteiger partial charge is 0.497 e. The highest BCUT2D eigenvalue weighted by Crippen LogP contribution is 2.34. The number of nitrogens with zero attached hydrogens (tertiary/aromatic N) is 5. The number of carbonyl (C=O) groups excluding carboxylic acids is 1. The van der Waals surface area contributed by atoms with E-state index in [-0.39, 0.29) is 30.9 Å². The number of carbonyl (C=O) groups is 1. The molecule has 2 aromatic heterocycles. The molecule has 3 heterocycles. The second-order valence-corrected chi connectivity index (χ2v) is 11.5. The lowest BCUT2D eigenvalue weighted by Gasteiger charge is -2.31. The van der Waals surface area contributed by atoms with Gasteiger partial charge in [0.05, 0.1) is 13.4 Å². The number of fused-ring (bicyclic) bond motifs is 1. The van der Waals surface area contributed by atoms with E-state index in [1.807, 2.05) is 6.33 Å². The highest BCUT2D eigenvalue weighted by atomic mass is 35.5. The van der Waals surface area contributed by atoms with Crippen LogP contribution in [0, 0.1) is 0 Å². The van der Waals surface area contributed by atoms with Gasteiger partial charge >= 0.3 is 6.09 Å². The van der Waals surface area contributed by atoms with Gasteiger partial charge in [-0.1, -0.05) is 12.8 Å². The average molecular weight is 637 g/mol. The van der Waals surface area contributed by atoms with Crippen molar-refractivity contribution in [3.8, 4) is 5.75 Å². The molecule has 6 rings (SSSR count). The SMILES string of the molecule is COc1ccc(NC(=O)ON2CCC(Nc3nc(NC4CCC(N)CC4)nc4c3ncn4C3CCCC3)CC2)cc1.Cl.Cl. The quantitative estimate of drug-likeness (QED) is 0.250. The topological polar surface area (TPSA) is 144 Å². The summed E-state index contributed by atoms with van der Waals surface area (Å²) in [6.07, 6.45) is 11.9. The Labute approximate surface area is 264 Å². The number of hydrogen-bond donors (Lipinski definition) is 4. The third-order valence-corrected chi connectivity index (χ3v) is 8.59. The maximum absolute atomic E-state index is 12.4. The van der Waals surface area contributed by atoms with Crippen LogP contribution in [0.25, 0.3) is 11.2 Å². The Balaban J connectivity index is 0.00000212. The second-order valence-electron chi connectivity index (χ2n) is 11.5. The third kappa shape index (κ3) is 8.11. The highest BCUT2D eigenvalue weighted by Gasteiger charge is 2.27. The number of nitrogens with two attached hydrogens (primary N) is 1. The number of amides is 1. The van der Waals surface area contributed by atoms with Gasteiger partial charge in [0.25, 0.3) is 0 Å². The normalized spacial score (nSPS) is 21.4. The van der Waals surface area contributed by atoms with Crippen molar-refractivity contribution in [2.24, 2.45) is 5.73 Å². The molecule has 14 heteroatoms. The van der Waals surface area contributed by atoms with Crippen LogP contribution in [-0.2, 0) is 4.84 Å². The molecule has 43 heavy (non-hydrogen) atoms. The fourth-order valence-electron chi connectivity index (χ4n) is 6.19. The zero-order chi connectivity index (χ0) is 28.2. The van der Waals surface area contributed by atoms with E-state index in [4.69, 9.17) is 30.3 Å². The first-order valence-corrected chi connectivity index (χ1v) is 14.9. The molecule has 0 unspecified atom stereocenters. The molecular weight excluding hydrogens is 593 g/mol. The van der Waals surface area contributed by atoms with Gasteiger partial charge in [0, 0.05) is 42.9 Å². The van der Waals surface area contributed by atoms with Crippen molar-refractivity contribution in [1.82, 2.24) is 24.6 Å². The number of imidazole rings is 1. The number of hydroxylamine groups is 2. The maximum Gasteiger partial charge on any atom is 0.430 e. The Hall–Kier alpha value is -3.06. The second kappa shape index (κ2) is 15.1. The monoisotopic (exact) mass is 635 g/mol. The summed E-state index contributed by atoms with van der Waals surface area (Å²) in [5, 5.41) is 11.7. The van der Waals surface area contributed by atoms with Crippen LogP contribution in [0.1, 0.15) is 70.3 Å². The predicted molar refractivity (Wildman–Crippen MR) is 172 cm³/mol. The van der Waals surface area contributed by atoms with Crippen LogP contribution in [0.2, 0.25) is 0 Å². The van der Waals surface area contributed by atoms with Gasteiger partial charge in [0.15, 0.2) is 17.0 Å². The molecule has 2 aliphatic carbocycles. The summed E-state index contributed by atoms with van der Waals surface area (Å²) in [6, 6.07) is 8.37. The number of methoxy groups -OCH3 is 1. The molecule has 1 saturated heterocycles. The highest BCUT2D eigenvalue weighted by molar-refractivity contribution is 5.86. The predicted octanol–water partition coefficient (Wildman–Crippen LogP) is 5.52. The maximum atomic E-state index is 12.4. The summed E-state index contributed by atoms with van der Waals surface area (Å²) < 4.78 is 7.41. The Kier molecular flexibility index (Phi) is 11.5. The molecule has 0 radical (unpaired) electrons. The minimum absolute atomic E-state index is 0. The molecule has 3 fully saturated rings. The van der Waals surface area contributed by atoms with E-state index < -0.39 is 6.09 Å². The Bertz CT molecular complexity index is 1320. The lowest BCUT2D eigenvalue weighted by molar-refractivity contribution is -0.106. The molecule has 12 nitrogen and oxygen atoms in total. The van der Waals surface area contributed by atoms with E-state index in [9.17, 15) is 4.79 Å². The van der Waals surface area contributed by atoms with Gasteiger partial charge in [-0.05, 0) is 75.6 Å². The van der Waals surface area contributed by atoms with Gasteiger partial charge in [-0.25, -0.2) is 9.78 Å². The molecule has 0 atom stereocenters. The molecule has 1 aliphatic heterocycles. The average Bonchev–Trinajstić information content (AvgIpc) is 3.66. The summed E-state index contributed by atoms with van der Waals surface area (Å²) >= 11 is 0. The van der Waals surface area contributed by atoms with Gasteiger partial charge in [0.2, 0.25) is 5.95 Å². The first kappa shape index (κ1) is 32.8. The summed E-state index contributed by atoms with van der Waals surface area (Å²) in [6.45, 7) is 1.23. The molecule has 0 bridgehead atoms. The number of nitrogens with one attached hydrogen (secondary N) is 3. The van der Waals surface area contributed by atoms with E-state index >= 15 is 0 Å². The lowest BCUT2D eigenvalue weighted by atomic mass is 9.92. The summed E-state index contributed by atoms with van der Waals surface area (Å²) in [7, 11) is 1.61. The van der Waals surface area contributed by atoms with E-state index in [0.717, 1.165) is 74.1 Å². The Morgan fingerprint density at radius 1 is 0.907 bits per heavy atom. The lowest BCUT2D eigenvalue weighted by Crippen LogP contribution is -2.41. The van der Waals surface area contributed by atoms with Crippen LogP contribution in [0.5, 0.6) is 5.75 Å². The molecule has 3 aromatic rings. The fraction of sp³-hybridized carbons (Fsp3) is 0.586. The van der Waals surface area contributed by atoms with Gasteiger partial charge in [-0.15, -0.1) is 29.9 Å². The zero-order valence-electron chi connectivity index (χ0n) is 24.5. The van der Waals surface area contributed by atoms with Crippen molar-refractivity contribution in [1.29, 1.82) is 0 Å². The summed E-state index contributed by atoms with van der Waals surface area (Å²) in [5.74, 6) is 2.14. The number of benzene rings is 1. The molecule has 1 amide bonds. The van der Waals surface area contributed by atoms with Gasteiger partial charge < -0.3 is 30.5 Å². The van der Waals surface area contributed by atoms with E-state index in [0.29, 0.717) is 42.9 Å². The van der Waals surface area contributed by atoms with Crippen LogP contribution >= 0.6 is 24.8 Å². The number of piperidine rings is 1.